The highest BCUT2D eigenvalue weighted by molar-refractivity contribution is 7.22. The number of benzene rings is 2. The summed E-state index contributed by atoms with van der Waals surface area (Å²) < 4.78 is 53.2. The topological polar surface area (TPSA) is 36.4 Å². The van der Waals surface area contributed by atoms with Crippen LogP contribution in [-0.4, -0.2) is 43.0 Å². The summed E-state index contributed by atoms with van der Waals surface area (Å²) in [4.78, 5) is 20.8. The minimum Gasteiger partial charge on any atom is -0.309 e. The van der Waals surface area contributed by atoms with Crippen molar-refractivity contribution < 1.29 is 22.4 Å². The van der Waals surface area contributed by atoms with Gasteiger partial charge in [0.05, 0.1) is 15.8 Å². The van der Waals surface area contributed by atoms with Gasteiger partial charge in [0.25, 0.3) is 5.91 Å². The van der Waals surface area contributed by atoms with Gasteiger partial charge >= 0.3 is 6.18 Å². The molecule has 0 aliphatic rings. The number of carbonyl (C=O) groups is 1. The number of carbonyl (C=O) groups excluding carboxylic acids is 1. The van der Waals surface area contributed by atoms with Gasteiger partial charge in [-0.25, -0.2) is 9.37 Å². The predicted octanol–water partition coefficient (Wildman–Crippen LogP) is 5.47. The maximum absolute atomic E-state index is 13.5. The lowest BCUT2D eigenvalue weighted by atomic mass is 10.1. The largest absolute Gasteiger partial charge is 0.416 e. The van der Waals surface area contributed by atoms with Crippen molar-refractivity contribution >= 4 is 45.0 Å². The van der Waals surface area contributed by atoms with Crippen molar-refractivity contribution in [3.63, 3.8) is 0 Å². The Labute approximate surface area is 181 Å². The standard InChI is InChI=1S/C20H19F4N3OS.ClH/c1-26(2)9-4-10-27(19-25-16-8-7-15(21)12-17(16)29-19)18(28)13-5-3-6-14(11-13)20(22,23)24;/h3,5-8,11-12H,4,9-10H2,1-2H3;1H. The average Bonchev–Trinajstić information content (AvgIpc) is 3.06. The van der Waals surface area contributed by atoms with Crippen molar-refractivity contribution in [3.8, 4) is 0 Å². The lowest BCUT2D eigenvalue weighted by Gasteiger charge is -2.21. The molecule has 1 aromatic heterocycles. The number of fused-ring (bicyclic) bond motifs is 1. The Kier molecular flexibility index (Phi) is 7.79. The first-order chi connectivity index (χ1) is 13.6. The number of amides is 1. The van der Waals surface area contributed by atoms with Crippen molar-refractivity contribution in [2.45, 2.75) is 12.6 Å². The molecule has 162 valence electrons. The first-order valence-electron chi connectivity index (χ1n) is 8.85. The molecule has 1 amide bonds. The van der Waals surface area contributed by atoms with E-state index >= 15 is 0 Å². The van der Waals surface area contributed by atoms with E-state index in [2.05, 4.69) is 4.98 Å². The summed E-state index contributed by atoms with van der Waals surface area (Å²) >= 11 is 1.13. The fourth-order valence-electron chi connectivity index (χ4n) is 2.82. The summed E-state index contributed by atoms with van der Waals surface area (Å²) in [6.07, 6.45) is -3.94. The van der Waals surface area contributed by atoms with Crippen molar-refractivity contribution in [1.29, 1.82) is 0 Å². The third-order valence-electron chi connectivity index (χ3n) is 4.24. The molecule has 0 saturated carbocycles. The summed E-state index contributed by atoms with van der Waals surface area (Å²) in [5.74, 6) is -0.995. The quantitative estimate of drug-likeness (QED) is 0.456. The first kappa shape index (κ1) is 24.0. The van der Waals surface area contributed by atoms with Gasteiger partial charge in [0.15, 0.2) is 5.13 Å². The smallest absolute Gasteiger partial charge is 0.309 e. The lowest BCUT2D eigenvalue weighted by Crippen LogP contribution is -2.33. The number of thiazole rings is 1. The Hall–Kier alpha value is -2.23. The molecule has 4 nitrogen and oxygen atoms in total. The second-order valence-electron chi connectivity index (χ2n) is 6.80. The predicted molar refractivity (Wildman–Crippen MR) is 113 cm³/mol. The molecule has 0 unspecified atom stereocenters. The summed E-state index contributed by atoms with van der Waals surface area (Å²) in [5, 5.41) is 0.326. The molecule has 0 aliphatic heterocycles. The Morgan fingerprint density at radius 2 is 1.83 bits per heavy atom. The third kappa shape index (κ3) is 5.68. The van der Waals surface area contributed by atoms with Gasteiger partial charge in [0.2, 0.25) is 0 Å². The lowest BCUT2D eigenvalue weighted by molar-refractivity contribution is -0.137. The molecule has 0 saturated heterocycles. The van der Waals surface area contributed by atoms with Gasteiger partial charge in [-0.3, -0.25) is 9.69 Å². The Bertz CT molecular complexity index is 1020. The fraction of sp³-hybridized carbons (Fsp3) is 0.300. The van der Waals surface area contributed by atoms with E-state index in [1.165, 1.54) is 35.2 Å². The highest BCUT2D eigenvalue weighted by Crippen LogP contribution is 2.32. The van der Waals surface area contributed by atoms with Crippen LogP contribution in [0.1, 0.15) is 22.3 Å². The van der Waals surface area contributed by atoms with Crippen molar-refractivity contribution in [2.75, 3.05) is 32.1 Å². The van der Waals surface area contributed by atoms with E-state index in [1.54, 1.807) is 0 Å². The number of nitrogens with zero attached hydrogens (tertiary/aromatic N) is 3. The summed E-state index contributed by atoms with van der Waals surface area (Å²) in [6.45, 7) is 0.960. The Morgan fingerprint density at radius 1 is 1.10 bits per heavy atom. The van der Waals surface area contributed by atoms with Crippen LogP contribution >= 0.6 is 23.7 Å². The highest BCUT2D eigenvalue weighted by atomic mass is 35.5. The van der Waals surface area contributed by atoms with Crippen LogP contribution in [-0.2, 0) is 6.18 Å². The van der Waals surface area contributed by atoms with Crippen LogP contribution in [0.5, 0.6) is 0 Å². The van der Waals surface area contributed by atoms with Gasteiger partial charge < -0.3 is 4.90 Å². The number of aromatic nitrogens is 1. The second-order valence-corrected chi connectivity index (χ2v) is 7.81. The maximum atomic E-state index is 13.5. The van der Waals surface area contributed by atoms with Crippen LogP contribution in [0.25, 0.3) is 10.2 Å². The Morgan fingerprint density at radius 3 is 2.50 bits per heavy atom. The third-order valence-corrected chi connectivity index (χ3v) is 5.28. The Balaban J connectivity index is 0.00000320. The van der Waals surface area contributed by atoms with Crippen LogP contribution in [0.2, 0.25) is 0 Å². The number of hydrogen-bond acceptors (Lipinski definition) is 4. The van der Waals surface area contributed by atoms with E-state index < -0.39 is 23.5 Å². The van der Waals surface area contributed by atoms with Gasteiger partial charge in [-0.1, -0.05) is 17.4 Å². The molecule has 0 bridgehead atoms. The molecule has 0 atom stereocenters. The molecule has 3 aromatic rings. The maximum Gasteiger partial charge on any atom is 0.416 e. The molecule has 10 heteroatoms. The van der Waals surface area contributed by atoms with Crippen molar-refractivity contribution in [1.82, 2.24) is 9.88 Å². The molecule has 2 aromatic carbocycles. The van der Waals surface area contributed by atoms with E-state index in [0.717, 1.165) is 23.5 Å². The zero-order valence-electron chi connectivity index (χ0n) is 16.2. The van der Waals surface area contributed by atoms with Gasteiger partial charge in [0.1, 0.15) is 5.82 Å². The molecule has 30 heavy (non-hydrogen) atoms. The van der Waals surface area contributed by atoms with E-state index in [-0.39, 0.29) is 24.5 Å². The fourth-order valence-corrected chi connectivity index (χ4v) is 3.83. The van der Waals surface area contributed by atoms with E-state index in [1.807, 2.05) is 19.0 Å². The number of hydrogen-bond donors (Lipinski definition) is 0. The summed E-state index contributed by atoms with van der Waals surface area (Å²) in [6, 6.07) is 8.44. The van der Waals surface area contributed by atoms with Gasteiger partial charge in [-0.2, -0.15) is 13.2 Å². The van der Waals surface area contributed by atoms with E-state index in [0.29, 0.717) is 28.3 Å². The zero-order chi connectivity index (χ0) is 21.2. The van der Waals surface area contributed by atoms with E-state index in [4.69, 9.17) is 0 Å². The first-order valence-corrected chi connectivity index (χ1v) is 9.67. The number of rotatable bonds is 6. The van der Waals surface area contributed by atoms with Crippen molar-refractivity contribution in [2.24, 2.45) is 0 Å². The molecule has 0 spiro atoms. The SMILES string of the molecule is CN(C)CCCN(C(=O)c1cccc(C(F)(F)F)c1)c1nc2ccc(F)cc2s1.Cl. The number of anilines is 1. The minimum atomic E-state index is -4.54. The average molecular weight is 462 g/mol. The molecule has 0 radical (unpaired) electrons. The van der Waals surface area contributed by atoms with Crippen molar-refractivity contribution in [3.05, 3.63) is 59.4 Å². The van der Waals surface area contributed by atoms with Crippen LogP contribution in [0, 0.1) is 5.82 Å². The molecule has 0 aliphatic carbocycles. The molecule has 1 heterocycles. The number of halogens is 5. The normalized spacial score (nSPS) is 11.6. The molecular weight excluding hydrogens is 442 g/mol. The highest BCUT2D eigenvalue weighted by Gasteiger charge is 2.31. The number of alkyl halides is 3. The van der Waals surface area contributed by atoms with Gasteiger partial charge in [-0.15, -0.1) is 12.4 Å². The van der Waals surface area contributed by atoms with Gasteiger partial charge in [-0.05, 0) is 63.5 Å². The zero-order valence-corrected chi connectivity index (χ0v) is 17.9. The van der Waals surface area contributed by atoms with Crippen LogP contribution in [0.15, 0.2) is 42.5 Å². The summed E-state index contributed by atoms with van der Waals surface area (Å²) in [7, 11) is 3.78. The monoisotopic (exact) mass is 461 g/mol. The molecular formula is C20H20ClF4N3OS. The molecule has 0 N–H and O–H groups in total. The second kappa shape index (κ2) is 9.72. The summed E-state index contributed by atoms with van der Waals surface area (Å²) in [5.41, 5.74) is -0.432. The minimum absolute atomic E-state index is 0. The van der Waals surface area contributed by atoms with Crippen LogP contribution in [0.3, 0.4) is 0 Å². The van der Waals surface area contributed by atoms with Crippen LogP contribution < -0.4 is 4.90 Å². The van der Waals surface area contributed by atoms with E-state index in [9.17, 15) is 22.4 Å². The van der Waals surface area contributed by atoms with Crippen LogP contribution in [0.4, 0.5) is 22.7 Å². The van der Waals surface area contributed by atoms with Gasteiger partial charge in [0, 0.05) is 12.1 Å². The molecule has 3 rings (SSSR count). The molecule has 0 fully saturated rings.